The molecule has 124 valence electrons. The van der Waals surface area contributed by atoms with Crippen LogP contribution in [0.3, 0.4) is 0 Å². The van der Waals surface area contributed by atoms with Gasteiger partial charge in [-0.3, -0.25) is 4.79 Å². The van der Waals surface area contributed by atoms with Gasteiger partial charge in [0.15, 0.2) is 0 Å². The van der Waals surface area contributed by atoms with Gasteiger partial charge in [0, 0.05) is 18.5 Å². The average molecular weight is 337 g/mol. The minimum Gasteiger partial charge on any atom is -0.352 e. The third kappa shape index (κ3) is 5.18. The molecule has 2 N–H and O–H groups in total. The van der Waals surface area contributed by atoms with E-state index in [0.29, 0.717) is 6.42 Å². The van der Waals surface area contributed by atoms with E-state index >= 15 is 0 Å². The Kier molecular flexibility index (Phi) is 6.68. The first kappa shape index (κ1) is 18.8. The number of rotatable bonds is 4. The van der Waals surface area contributed by atoms with Crippen molar-refractivity contribution in [3.8, 4) is 0 Å². The van der Waals surface area contributed by atoms with Crippen molar-refractivity contribution in [2.45, 2.75) is 32.0 Å². The van der Waals surface area contributed by atoms with Crippen LogP contribution in [0.5, 0.6) is 0 Å². The van der Waals surface area contributed by atoms with E-state index in [4.69, 9.17) is 0 Å². The largest absolute Gasteiger partial charge is 0.416 e. The topological polar surface area (TPSA) is 41.1 Å². The van der Waals surface area contributed by atoms with E-state index in [1.165, 1.54) is 12.1 Å². The molecule has 22 heavy (non-hydrogen) atoms. The normalized spacial score (nSPS) is 19.4. The van der Waals surface area contributed by atoms with Crippen LogP contribution in [-0.2, 0) is 17.4 Å². The van der Waals surface area contributed by atoms with Gasteiger partial charge in [-0.2, -0.15) is 13.2 Å². The third-order valence-corrected chi connectivity index (χ3v) is 3.68. The Bertz CT molecular complexity index is 485. The number of hydrogen-bond acceptors (Lipinski definition) is 2. The lowest BCUT2D eigenvalue weighted by Crippen LogP contribution is -2.39. The minimum absolute atomic E-state index is 0. The van der Waals surface area contributed by atoms with Crippen molar-refractivity contribution in [2.24, 2.45) is 5.92 Å². The molecule has 0 spiro atoms. The third-order valence-electron chi connectivity index (χ3n) is 3.68. The average Bonchev–Trinajstić information content (AvgIpc) is 2.91. The highest BCUT2D eigenvalue weighted by Crippen LogP contribution is 2.29. The zero-order valence-corrected chi connectivity index (χ0v) is 13.1. The van der Waals surface area contributed by atoms with Crippen LogP contribution >= 0.6 is 12.4 Å². The fraction of sp³-hybridized carbons (Fsp3) is 0.533. The fourth-order valence-electron chi connectivity index (χ4n) is 2.40. The molecule has 1 aromatic rings. The molecule has 2 atom stereocenters. The Labute approximate surface area is 134 Å². The molecule has 2 rings (SSSR count). The summed E-state index contributed by atoms with van der Waals surface area (Å²) in [5.74, 6) is -0.314. The summed E-state index contributed by atoms with van der Waals surface area (Å²) < 4.78 is 37.4. The molecule has 7 heteroatoms. The molecule has 1 aliphatic heterocycles. The van der Waals surface area contributed by atoms with Crippen molar-refractivity contribution >= 4 is 18.3 Å². The summed E-state index contributed by atoms with van der Waals surface area (Å²) in [5, 5.41) is 6.12. The summed E-state index contributed by atoms with van der Waals surface area (Å²) in [4.78, 5) is 12.0. The van der Waals surface area contributed by atoms with E-state index < -0.39 is 11.7 Å². The van der Waals surface area contributed by atoms with Crippen LogP contribution in [0, 0.1) is 5.92 Å². The van der Waals surface area contributed by atoms with Gasteiger partial charge in [-0.05, 0) is 37.1 Å². The van der Waals surface area contributed by atoms with E-state index in [-0.39, 0.29) is 30.3 Å². The summed E-state index contributed by atoms with van der Waals surface area (Å²) >= 11 is 0. The number of carbonyl (C=O) groups is 1. The Balaban J connectivity index is 0.00000242. The van der Waals surface area contributed by atoms with E-state index in [0.717, 1.165) is 37.2 Å². The molecule has 0 saturated carbocycles. The van der Waals surface area contributed by atoms with Gasteiger partial charge in [0.05, 0.1) is 5.56 Å². The first-order chi connectivity index (χ1) is 9.86. The Hall–Kier alpha value is -1.27. The van der Waals surface area contributed by atoms with Gasteiger partial charge in [0.1, 0.15) is 0 Å². The number of benzene rings is 1. The maximum absolute atomic E-state index is 12.5. The highest BCUT2D eigenvalue weighted by Gasteiger charge is 2.30. The van der Waals surface area contributed by atoms with Gasteiger partial charge in [0.2, 0.25) is 5.91 Å². The molecule has 2 unspecified atom stereocenters. The molecular weight excluding hydrogens is 317 g/mol. The molecule has 1 amide bonds. The highest BCUT2D eigenvalue weighted by atomic mass is 35.5. The number of halogens is 4. The number of hydrogen-bond donors (Lipinski definition) is 2. The fourth-order valence-corrected chi connectivity index (χ4v) is 2.40. The standard InChI is InChI=1S/C15H19F3N2O.ClH/c1-10(14(21)20-13-6-7-19-9-13)8-11-2-4-12(5-3-11)15(16,17)18;/h2-5,10,13,19H,6-9H2,1H3,(H,20,21);1H. The summed E-state index contributed by atoms with van der Waals surface area (Å²) in [7, 11) is 0. The van der Waals surface area contributed by atoms with Crippen LogP contribution in [0.4, 0.5) is 13.2 Å². The van der Waals surface area contributed by atoms with Crippen LogP contribution in [0.15, 0.2) is 24.3 Å². The SMILES string of the molecule is CC(Cc1ccc(C(F)(F)F)cc1)C(=O)NC1CCNC1.Cl. The predicted molar refractivity (Wildman–Crippen MR) is 81.0 cm³/mol. The second-order valence-electron chi connectivity index (χ2n) is 5.50. The summed E-state index contributed by atoms with van der Waals surface area (Å²) in [5.41, 5.74) is 0.0654. The van der Waals surface area contributed by atoms with Gasteiger partial charge in [0.25, 0.3) is 0 Å². The van der Waals surface area contributed by atoms with Crippen LogP contribution < -0.4 is 10.6 Å². The maximum Gasteiger partial charge on any atom is 0.416 e. The highest BCUT2D eigenvalue weighted by molar-refractivity contribution is 5.85. The maximum atomic E-state index is 12.5. The molecular formula is C15H20ClF3N2O. The molecule has 0 radical (unpaired) electrons. The zero-order chi connectivity index (χ0) is 15.5. The monoisotopic (exact) mass is 336 g/mol. The summed E-state index contributed by atoms with van der Waals surface area (Å²) in [6, 6.07) is 5.14. The number of alkyl halides is 3. The quantitative estimate of drug-likeness (QED) is 0.887. The van der Waals surface area contributed by atoms with Gasteiger partial charge in [-0.15, -0.1) is 12.4 Å². The molecule has 1 aromatic carbocycles. The van der Waals surface area contributed by atoms with Crippen molar-refractivity contribution in [2.75, 3.05) is 13.1 Å². The van der Waals surface area contributed by atoms with Gasteiger partial charge in [-0.1, -0.05) is 19.1 Å². The van der Waals surface area contributed by atoms with Gasteiger partial charge >= 0.3 is 6.18 Å². The smallest absolute Gasteiger partial charge is 0.352 e. The van der Waals surface area contributed by atoms with Crippen molar-refractivity contribution in [1.29, 1.82) is 0 Å². The summed E-state index contributed by atoms with van der Waals surface area (Å²) in [6.07, 6.45) is -2.97. The van der Waals surface area contributed by atoms with Crippen LogP contribution in [0.1, 0.15) is 24.5 Å². The van der Waals surface area contributed by atoms with Crippen molar-refractivity contribution in [3.63, 3.8) is 0 Å². The molecule has 1 aliphatic rings. The van der Waals surface area contributed by atoms with Crippen molar-refractivity contribution in [1.82, 2.24) is 10.6 Å². The lowest BCUT2D eigenvalue weighted by atomic mass is 9.99. The zero-order valence-electron chi connectivity index (χ0n) is 12.2. The molecule has 1 heterocycles. The second-order valence-corrected chi connectivity index (χ2v) is 5.50. The lowest BCUT2D eigenvalue weighted by molar-refractivity contribution is -0.137. The number of amides is 1. The Morgan fingerprint density at radius 3 is 2.50 bits per heavy atom. The van der Waals surface area contributed by atoms with Crippen LogP contribution in [0.2, 0.25) is 0 Å². The Morgan fingerprint density at radius 1 is 1.36 bits per heavy atom. The molecule has 1 saturated heterocycles. The number of carbonyl (C=O) groups excluding carboxylic acids is 1. The molecule has 0 aromatic heterocycles. The molecule has 0 aliphatic carbocycles. The lowest BCUT2D eigenvalue weighted by Gasteiger charge is -2.16. The van der Waals surface area contributed by atoms with Crippen LogP contribution in [-0.4, -0.2) is 25.0 Å². The molecule has 0 bridgehead atoms. The van der Waals surface area contributed by atoms with E-state index in [1.54, 1.807) is 6.92 Å². The van der Waals surface area contributed by atoms with E-state index in [9.17, 15) is 18.0 Å². The van der Waals surface area contributed by atoms with Crippen molar-refractivity contribution in [3.05, 3.63) is 35.4 Å². The minimum atomic E-state index is -4.32. The first-order valence-electron chi connectivity index (χ1n) is 7.03. The van der Waals surface area contributed by atoms with Crippen LogP contribution in [0.25, 0.3) is 0 Å². The summed E-state index contributed by atoms with van der Waals surface area (Å²) in [6.45, 7) is 3.46. The second kappa shape index (κ2) is 7.83. The molecule has 1 fully saturated rings. The predicted octanol–water partition coefficient (Wildman–Crippen LogP) is 2.78. The van der Waals surface area contributed by atoms with E-state index in [2.05, 4.69) is 10.6 Å². The van der Waals surface area contributed by atoms with E-state index in [1.807, 2.05) is 0 Å². The van der Waals surface area contributed by atoms with Crippen molar-refractivity contribution < 1.29 is 18.0 Å². The Morgan fingerprint density at radius 2 is 2.00 bits per heavy atom. The van der Waals surface area contributed by atoms with Gasteiger partial charge in [-0.25, -0.2) is 0 Å². The van der Waals surface area contributed by atoms with Gasteiger partial charge < -0.3 is 10.6 Å². The number of nitrogens with one attached hydrogen (secondary N) is 2. The first-order valence-corrected chi connectivity index (χ1v) is 7.03. The molecule has 3 nitrogen and oxygen atoms in total.